The molecule has 5 fully saturated rings. The van der Waals surface area contributed by atoms with Crippen LogP contribution >= 0.6 is 0 Å². The van der Waals surface area contributed by atoms with Crippen molar-refractivity contribution in [3.05, 3.63) is 35.9 Å². The van der Waals surface area contributed by atoms with Gasteiger partial charge in [-0.3, -0.25) is 4.79 Å². The average molecular weight is 649 g/mol. The summed E-state index contributed by atoms with van der Waals surface area (Å²) in [5.41, 5.74) is -0.215. The predicted molar refractivity (Wildman–Crippen MR) is 165 cm³/mol. The van der Waals surface area contributed by atoms with Gasteiger partial charge in [-0.05, 0) is 103 Å². The number of esters is 2. The fourth-order valence-electron chi connectivity index (χ4n) is 10.0. The van der Waals surface area contributed by atoms with E-state index in [1.807, 2.05) is 13.8 Å². The second kappa shape index (κ2) is 13.1. The minimum Gasteiger partial charge on any atom is -0.459 e. The first-order valence-corrected chi connectivity index (χ1v) is 16.8. The number of fused-ring (bicyclic) bond motifs is 5. The third-order valence-electron chi connectivity index (χ3n) is 12.5. The Kier molecular flexibility index (Phi) is 8.22. The Balaban J connectivity index is 1.10. The third kappa shape index (κ3) is 6.03. The van der Waals surface area contributed by atoms with Crippen molar-refractivity contribution in [1.29, 1.82) is 0 Å². The average Bonchev–Trinajstić information content (AvgIpc) is 3.41. The lowest BCUT2D eigenvalue weighted by molar-refractivity contribution is -0.288. The summed E-state index contributed by atoms with van der Waals surface area (Å²) >= 11 is 0. The highest BCUT2D eigenvalue weighted by atomic mass is 16.7. The zero-order valence-electron chi connectivity index (χ0n) is 30.8. The van der Waals surface area contributed by atoms with Gasteiger partial charge >= 0.3 is 11.9 Å². The first kappa shape index (κ1) is 28.9. The number of rotatable bonds is 7. The first-order chi connectivity index (χ1) is 23.3. The zero-order valence-corrected chi connectivity index (χ0v) is 26.8. The number of hydrogen-bond acceptors (Lipinski definition) is 10. The summed E-state index contributed by atoms with van der Waals surface area (Å²) in [6.07, 6.45) is -12.6. The lowest BCUT2D eigenvalue weighted by Crippen LogP contribution is -2.61. The van der Waals surface area contributed by atoms with Crippen molar-refractivity contribution in [2.45, 2.75) is 128 Å². The SMILES string of the molecule is [2H]C1[C@H]2C[C@H](O)[C@@H]3[C@H](CC[C@]4(C)[C@@H]([C@H](C)CC(=O)O[C@@H]5O[C@H](C(=O)OCc6ccccc6)[C@@H](O)[C@H](O)[C@H]5O)CC[C@@H]34)[C@@]2(C)CC([2H])([2H])[C@@]1([2H])O. The van der Waals surface area contributed by atoms with Gasteiger partial charge in [0.25, 0.3) is 0 Å². The van der Waals surface area contributed by atoms with Crippen molar-refractivity contribution in [3.8, 4) is 0 Å². The van der Waals surface area contributed by atoms with Crippen molar-refractivity contribution in [2.75, 3.05) is 0 Å². The molecule has 1 aromatic carbocycles. The molecule has 5 aliphatic rings. The summed E-state index contributed by atoms with van der Waals surface area (Å²) in [5, 5.41) is 53.8. The Morgan fingerprint density at radius 2 is 1.72 bits per heavy atom. The first-order valence-electron chi connectivity index (χ1n) is 18.8. The Morgan fingerprint density at radius 1 is 1.00 bits per heavy atom. The van der Waals surface area contributed by atoms with Gasteiger partial charge in [-0.1, -0.05) is 51.1 Å². The van der Waals surface area contributed by atoms with E-state index in [-0.39, 0.29) is 60.9 Å². The second-order valence-electron chi connectivity index (χ2n) is 15.0. The van der Waals surface area contributed by atoms with E-state index in [2.05, 4.69) is 6.92 Å². The Morgan fingerprint density at radius 3 is 2.46 bits per heavy atom. The maximum absolute atomic E-state index is 13.3. The van der Waals surface area contributed by atoms with Crippen LogP contribution in [0.5, 0.6) is 0 Å². The van der Waals surface area contributed by atoms with E-state index in [0.717, 1.165) is 19.3 Å². The van der Waals surface area contributed by atoms with Crippen LogP contribution in [0.4, 0.5) is 0 Å². The Bertz CT molecular complexity index is 1420. The standard InChI is InChI=1S/C36H52O10/c1-19(15-27(39)45-34-31(42)29(40)30(41)32(46-34)33(43)44-18-20-7-5-4-6-8-20)23-9-10-24-28-25(12-14-36(23,24)3)35(2)13-11-22(37)16-21(35)17-26(28)38/h4-8,19,21-26,28-32,34,37-38,40-42H,9-18H2,1-3H3/t19-,21+,22-,23-,24+,25+,26+,28+,29+,30+,31-,32+,34-,35+,36-/m1/s1/i11D2,16D,22D/t16?,19-,21+,22-,23-,24+,25+,26+,28+,29+,30+,31-,32+,34-,35+,36-. The molecule has 4 saturated carbocycles. The second-order valence-corrected chi connectivity index (χ2v) is 15.0. The molecule has 6 rings (SSSR count). The summed E-state index contributed by atoms with van der Waals surface area (Å²) in [6.45, 7) is 6.02. The van der Waals surface area contributed by atoms with E-state index in [4.69, 9.17) is 19.7 Å². The van der Waals surface area contributed by atoms with Crippen LogP contribution in [0.3, 0.4) is 0 Å². The maximum atomic E-state index is 13.3. The number of benzene rings is 1. The monoisotopic (exact) mass is 648 g/mol. The summed E-state index contributed by atoms with van der Waals surface area (Å²) in [5.74, 6) is -2.43. The molecule has 16 atom stereocenters. The molecule has 0 radical (unpaired) electrons. The van der Waals surface area contributed by atoms with Crippen LogP contribution in [0.1, 0.15) is 89.5 Å². The number of hydrogen-bond donors (Lipinski definition) is 5. The van der Waals surface area contributed by atoms with Crippen molar-refractivity contribution in [1.82, 2.24) is 0 Å². The normalized spacial score (nSPS) is 51.5. The highest BCUT2D eigenvalue weighted by Gasteiger charge is 2.63. The van der Waals surface area contributed by atoms with Crippen LogP contribution in [-0.2, 0) is 30.4 Å². The van der Waals surface area contributed by atoms with Crippen LogP contribution in [0.2, 0.25) is 0 Å². The fraction of sp³-hybridized carbons (Fsp3) is 0.778. The van der Waals surface area contributed by atoms with E-state index in [9.17, 15) is 35.1 Å². The minimum absolute atomic E-state index is 0.0411. The van der Waals surface area contributed by atoms with Crippen LogP contribution in [0, 0.1) is 46.3 Å². The number of carbonyl (C=O) groups is 2. The molecule has 0 amide bonds. The smallest absolute Gasteiger partial charge is 0.338 e. The molecule has 1 heterocycles. The van der Waals surface area contributed by atoms with Crippen molar-refractivity contribution in [3.63, 3.8) is 0 Å². The molecule has 1 aliphatic heterocycles. The molecular weight excluding hydrogens is 592 g/mol. The molecule has 10 heteroatoms. The molecule has 46 heavy (non-hydrogen) atoms. The molecule has 0 bridgehead atoms. The summed E-state index contributed by atoms with van der Waals surface area (Å²) in [7, 11) is 0. The van der Waals surface area contributed by atoms with Gasteiger partial charge in [0.05, 0.1) is 13.6 Å². The molecule has 4 aliphatic carbocycles. The molecule has 0 aromatic heterocycles. The van der Waals surface area contributed by atoms with E-state index in [1.54, 1.807) is 30.3 Å². The number of aliphatic hydroxyl groups is 5. The van der Waals surface area contributed by atoms with Gasteiger partial charge < -0.3 is 39.7 Å². The van der Waals surface area contributed by atoms with Crippen molar-refractivity contribution >= 4 is 11.9 Å². The molecular formula is C36H52O10. The van der Waals surface area contributed by atoms with E-state index < -0.39 is 78.9 Å². The maximum Gasteiger partial charge on any atom is 0.338 e. The Hall–Kier alpha value is -2.08. The van der Waals surface area contributed by atoms with Gasteiger partial charge in [0.15, 0.2) is 6.10 Å². The molecule has 256 valence electrons. The zero-order chi connectivity index (χ0) is 36.6. The van der Waals surface area contributed by atoms with Gasteiger partial charge in [-0.2, -0.15) is 0 Å². The van der Waals surface area contributed by atoms with Crippen LogP contribution in [-0.4, -0.2) is 80.4 Å². The lowest BCUT2D eigenvalue weighted by atomic mass is 9.43. The quantitative estimate of drug-likeness (QED) is 0.278. The van der Waals surface area contributed by atoms with Gasteiger partial charge in [0, 0.05) is 10.5 Å². The fourth-order valence-corrected chi connectivity index (χ4v) is 10.0. The predicted octanol–water partition coefficient (Wildman–Crippen LogP) is 3.10. The minimum atomic E-state index is -2.56. The molecule has 5 N–H and O–H groups in total. The molecule has 1 aromatic rings. The van der Waals surface area contributed by atoms with Crippen LogP contribution < -0.4 is 0 Å². The number of aliphatic hydroxyl groups excluding tert-OH is 4. The molecule has 1 unspecified atom stereocenters. The molecule has 10 nitrogen and oxygen atoms in total. The largest absolute Gasteiger partial charge is 0.459 e. The van der Waals surface area contributed by atoms with Gasteiger partial charge in [-0.15, -0.1) is 0 Å². The molecule has 0 spiro atoms. The summed E-state index contributed by atoms with van der Waals surface area (Å²) in [6, 6.07) is 8.83. The van der Waals surface area contributed by atoms with Gasteiger partial charge in [0.2, 0.25) is 6.29 Å². The van der Waals surface area contributed by atoms with Crippen molar-refractivity contribution < 1.29 is 54.8 Å². The lowest BCUT2D eigenvalue weighted by Gasteiger charge is -2.62. The third-order valence-corrected chi connectivity index (χ3v) is 12.5. The van der Waals surface area contributed by atoms with E-state index in [1.165, 1.54) is 0 Å². The van der Waals surface area contributed by atoms with Gasteiger partial charge in [-0.25, -0.2) is 4.79 Å². The molecule has 1 saturated heterocycles. The Labute approximate surface area is 277 Å². The van der Waals surface area contributed by atoms with E-state index >= 15 is 0 Å². The highest BCUT2D eigenvalue weighted by molar-refractivity contribution is 5.76. The topological polar surface area (TPSA) is 163 Å². The van der Waals surface area contributed by atoms with Crippen LogP contribution in [0.25, 0.3) is 0 Å². The number of carbonyl (C=O) groups excluding carboxylic acids is 2. The van der Waals surface area contributed by atoms with Gasteiger partial charge in [0.1, 0.15) is 24.9 Å². The van der Waals surface area contributed by atoms with Crippen LogP contribution in [0.15, 0.2) is 30.3 Å². The summed E-state index contributed by atoms with van der Waals surface area (Å²) in [4.78, 5) is 26.1. The van der Waals surface area contributed by atoms with Crippen molar-refractivity contribution in [2.24, 2.45) is 46.3 Å². The highest BCUT2D eigenvalue weighted by Crippen LogP contribution is 2.68. The number of ether oxygens (including phenoxy) is 3. The summed E-state index contributed by atoms with van der Waals surface area (Å²) < 4.78 is 50.3. The van der Waals surface area contributed by atoms with E-state index in [0.29, 0.717) is 12.0 Å².